The van der Waals surface area contributed by atoms with Crippen LogP contribution in [0.15, 0.2) is 48.5 Å². The number of ether oxygens (including phenoxy) is 1. The standard InChI is InChI=1S/C20H23N3O/c1-3-23-15-18(24-20-10-5-4-9-19(20)23)14-22(2)13-17-8-6-7-16(11-17)12-21/h4-11,18H,3,13-15H2,1-2H3. The lowest BCUT2D eigenvalue weighted by Gasteiger charge is -2.37. The third kappa shape index (κ3) is 3.69. The van der Waals surface area contributed by atoms with Gasteiger partial charge in [0.25, 0.3) is 0 Å². The van der Waals surface area contributed by atoms with Gasteiger partial charge in [-0.1, -0.05) is 24.3 Å². The van der Waals surface area contributed by atoms with E-state index in [2.05, 4.69) is 48.0 Å². The van der Waals surface area contributed by atoms with Crippen LogP contribution in [-0.2, 0) is 6.54 Å². The van der Waals surface area contributed by atoms with Crippen LogP contribution in [0.2, 0.25) is 0 Å². The number of fused-ring (bicyclic) bond motifs is 1. The molecule has 0 saturated heterocycles. The summed E-state index contributed by atoms with van der Waals surface area (Å²) >= 11 is 0. The Morgan fingerprint density at radius 3 is 2.88 bits per heavy atom. The Kier molecular flexibility index (Phi) is 5.02. The first-order valence-electron chi connectivity index (χ1n) is 8.38. The number of benzene rings is 2. The molecule has 1 atom stereocenters. The van der Waals surface area contributed by atoms with E-state index in [9.17, 15) is 0 Å². The van der Waals surface area contributed by atoms with Crippen molar-refractivity contribution in [2.75, 3.05) is 31.6 Å². The van der Waals surface area contributed by atoms with Gasteiger partial charge in [0.05, 0.1) is 23.9 Å². The van der Waals surface area contributed by atoms with E-state index in [1.54, 1.807) is 0 Å². The summed E-state index contributed by atoms with van der Waals surface area (Å²) < 4.78 is 6.18. The molecule has 0 aliphatic carbocycles. The molecule has 24 heavy (non-hydrogen) atoms. The number of para-hydroxylation sites is 2. The molecule has 1 aliphatic heterocycles. The fourth-order valence-electron chi connectivity index (χ4n) is 3.24. The molecule has 0 bridgehead atoms. The zero-order chi connectivity index (χ0) is 16.9. The molecule has 0 radical (unpaired) electrons. The van der Waals surface area contributed by atoms with Crippen LogP contribution in [0.1, 0.15) is 18.1 Å². The maximum atomic E-state index is 9.02. The summed E-state index contributed by atoms with van der Waals surface area (Å²) in [4.78, 5) is 4.62. The van der Waals surface area contributed by atoms with Crippen LogP contribution < -0.4 is 9.64 Å². The molecular formula is C20H23N3O. The van der Waals surface area contributed by atoms with Crippen molar-refractivity contribution in [1.29, 1.82) is 5.26 Å². The highest BCUT2D eigenvalue weighted by Gasteiger charge is 2.25. The van der Waals surface area contributed by atoms with E-state index in [1.165, 1.54) is 5.69 Å². The molecule has 3 rings (SSSR count). The highest BCUT2D eigenvalue weighted by molar-refractivity contribution is 5.60. The monoisotopic (exact) mass is 321 g/mol. The highest BCUT2D eigenvalue weighted by Crippen LogP contribution is 2.32. The Balaban J connectivity index is 1.65. The summed E-state index contributed by atoms with van der Waals surface area (Å²) in [6.07, 6.45) is 0.143. The van der Waals surface area contributed by atoms with Crippen molar-refractivity contribution in [3.05, 3.63) is 59.7 Å². The third-order valence-corrected chi connectivity index (χ3v) is 4.33. The van der Waals surface area contributed by atoms with E-state index in [0.29, 0.717) is 5.56 Å². The molecule has 0 saturated carbocycles. The van der Waals surface area contributed by atoms with Crippen molar-refractivity contribution >= 4 is 5.69 Å². The number of nitriles is 1. The van der Waals surface area contributed by atoms with Gasteiger partial charge in [0.15, 0.2) is 0 Å². The summed E-state index contributed by atoms with van der Waals surface area (Å²) in [6.45, 7) is 5.71. The lowest BCUT2D eigenvalue weighted by atomic mass is 10.1. The summed E-state index contributed by atoms with van der Waals surface area (Å²) in [5.74, 6) is 0.968. The minimum atomic E-state index is 0.143. The predicted molar refractivity (Wildman–Crippen MR) is 96.2 cm³/mol. The first-order chi connectivity index (χ1) is 11.7. The van der Waals surface area contributed by atoms with E-state index in [4.69, 9.17) is 10.00 Å². The van der Waals surface area contributed by atoms with Gasteiger partial charge >= 0.3 is 0 Å². The lowest BCUT2D eigenvalue weighted by molar-refractivity contribution is 0.140. The number of likely N-dealkylation sites (N-methyl/N-ethyl adjacent to an activating group) is 2. The molecule has 0 amide bonds. The van der Waals surface area contributed by atoms with Crippen molar-refractivity contribution in [1.82, 2.24) is 4.90 Å². The van der Waals surface area contributed by atoms with Gasteiger partial charge in [-0.2, -0.15) is 5.26 Å². The van der Waals surface area contributed by atoms with Crippen LogP contribution in [0, 0.1) is 11.3 Å². The molecule has 124 valence electrons. The normalized spacial score (nSPS) is 16.4. The van der Waals surface area contributed by atoms with Gasteiger partial charge < -0.3 is 9.64 Å². The Morgan fingerprint density at radius 2 is 2.08 bits per heavy atom. The van der Waals surface area contributed by atoms with Crippen LogP contribution in [0.25, 0.3) is 0 Å². The van der Waals surface area contributed by atoms with E-state index >= 15 is 0 Å². The van der Waals surface area contributed by atoms with Crippen LogP contribution >= 0.6 is 0 Å². The topological polar surface area (TPSA) is 39.5 Å². The molecule has 1 heterocycles. The van der Waals surface area contributed by atoms with Crippen LogP contribution in [0.4, 0.5) is 5.69 Å². The van der Waals surface area contributed by atoms with Crippen molar-refractivity contribution in [3.8, 4) is 11.8 Å². The lowest BCUT2D eigenvalue weighted by Crippen LogP contribution is -2.45. The average Bonchev–Trinajstić information content (AvgIpc) is 2.61. The second kappa shape index (κ2) is 7.37. The van der Waals surface area contributed by atoms with Gasteiger partial charge in [-0.15, -0.1) is 0 Å². The van der Waals surface area contributed by atoms with Crippen molar-refractivity contribution in [2.24, 2.45) is 0 Å². The van der Waals surface area contributed by atoms with E-state index in [0.717, 1.165) is 37.5 Å². The van der Waals surface area contributed by atoms with Gasteiger partial charge in [-0.25, -0.2) is 0 Å². The zero-order valence-corrected chi connectivity index (χ0v) is 14.3. The van der Waals surface area contributed by atoms with Crippen molar-refractivity contribution in [3.63, 3.8) is 0 Å². The fourth-order valence-corrected chi connectivity index (χ4v) is 3.24. The summed E-state index contributed by atoms with van der Waals surface area (Å²) in [6, 6.07) is 18.2. The van der Waals surface area contributed by atoms with Gasteiger partial charge in [0.1, 0.15) is 11.9 Å². The Morgan fingerprint density at radius 1 is 1.25 bits per heavy atom. The van der Waals surface area contributed by atoms with E-state index in [1.807, 2.05) is 30.3 Å². The molecule has 0 N–H and O–H groups in total. The quantitative estimate of drug-likeness (QED) is 0.847. The Hall–Kier alpha value is -2.51. The number of anilines is 1. The third-order valence-electron chi connectivity index (χ3n) is 4.33. The second-order valence-corrected chi connectivity index (χ2v) is 6.26. The van der Waals surface area contributed by atoms with Crippen molar-refractivity contribution < 1.29 is 4.74 Å². The molecular weight excluding hydrogens is 298 g/mol. The number of rotatable bonds is 5. The van der Waals surface area contributed by atoms with Crippen LogP contribution in [0.5, 0.6) is 5.75 Å². The van der Waals surface area contributed by atoms with E-state index in [-0.39, 0.29) is 6.10 Å². The molecule has 0 spiro atoms. The zero-order valence-electron chi connectivity index (χ0n) is 14.3. The molecule has 1 aliphatic rings. The first kappa shape index (κ1) is 16.4. The van der Waals surface area contributed by atoms with Gasteiger partial charge in [0.2, 0.25) is 0 Å². The summed E-state index contributed by atoms with van der Waals surface area (Å²) in [5.41, 5.74) is 3.04. The average molecular weight is 321 g/mol. The molecule has 4 heteroatoms. The predicted octanol–water partition coefficient (Wildman–Crippen LogP) is 3.28. The Bertz CT molecular complexity index is 738. The first-order valence-corrected chi connectivity index (χ1v) is 8.38. The highest BCUT2D eigenvalue weighted by atomic mass is 16.5. The molecule has 2 aromatic carbocycles. The fraction of sp³-hybridized carbons (Fsp3) is 0.350. The van der Waals surface area contributed by atoms with E-state index < -0.39 is 0 Å². The molecule has 4 nitrogen and oxygen atoms in total. The van der Waals surface area contributed by atoms with Gasteiger partial charge in [0, 0.05) is 19.6 Å². The number of hydrogen-bond acceptors (Lipinski definition) is 4. The minimum absolute atomic E-state index is 0.143. The van der Waals surface area contributed by atoms with Crippen molar-refractivity contribution in [2.45, 2.75) is 19.6 Å². The molecule has 1 unspecified atom stereocenters. The SMILES string of the molecule is CCN1CC(CN(C)Cc2cccc(C#N)c2)Oc2ccccc21. The summed E-state index contributed by atoms with van der Waals surface area (Å²) in [7, 11) is 2.10. The minimum Gasteiger partial charge on any atom is -0.485 e. The Labute approximate surface area is 143 Å². The molecule has 0 aromatic heterocycles. The molecule has 0 fully saturated rings. The van der Waals surface area contributed by atoms with Crippen LogP contribution in [0.3, 0.4) is 0 Å². The molecule has 2 aromatic rings. The smallest absolute Gasteiger partial charge is 0.143 e. The second-order valence-electron chi connectivity index (χ2n) is 6.26. The summed E-state index contributed by atoms with van der Waals surface area (Å²) in [5, 5.41) is 9.02. The largest absolute Gasteiger partial charge is 0.485 e. The van der Waals surface area contributed by atoms with Gasteiger partial charge in [-0.05, 0) is 43.8 Å². The maximum Gasteiger partial charge on any atom is 0.143 e. The van der Waals surface area contributed by atoms with Crippen LogP contribution in [-0.4, -0.2) is 37.7 Å². The number of nitrogens with zero attached hydrogens (tertiary/aromatic N) is 3. The number of hydrogen-bond donors (Lipinski definition) is 0. The maximum absolute atomic E-state index is 9.02. The van der Waals surface area contributed by atoms with Gasteiger partial charge in [-0.3, -0.25) is 4.90 Å².